The van der Waals surface area contributed by atoms with E-state index >= 15 is 0 Å². The van der Waals surface area contributed by atoms with Crippen molar-refractivity contribution >= 4 is 23.5 Å². The zero-order valence-corrected chi connectivity index (χ0v) is 15.6. The molecule has 2 heterocycles. The number of rotatable bonds is 7. The highest BCUT2D eigenvalue weighted by Gasteiger charge is 2.13. The molecule has 0 saturated carbocycles. The van der Waals surface area contributed by atoms with Crippen molar-refractivity contribution in [1.82, 2.24) is 24.5 Å². The summed E-state index contributed by atoms with van der Waals surface area (Å²) in [5.74, 6) is 1.51. The van der Waals surface area contributed by atoms with Crippen molar-refractivity contribution in [2.24, 2.45) is 0 Å². The van der Waals surface area contributed by atoms with E-state index in [1.54, 1.807) is 30.4 Å². The third kappa shape index (κ3) is 4.05. The third-order valence-electron chi connectivity index (χ3n) is 3.61. The summed E-state index contributed by atoms with van der Waals surface area (Å²) in [5, 5.41) is 15.8. The fourth-order valence-electron chi connectivity index (χ4n) is 2.39. The summed E-state index contributed by atoms with van der Waals surface area (Å²) in [5.41, 5.74) is 0.871. The molecule has 0 fully saturated rings. The number of nitrogens with zero attached hydrogens (tertiary/aromatic N) is 5. The van der Waals surface area contributed by atoms with Gasteiger partial charge in [0.05, 0.1) is 24.7 Å². The number of carbonyl (C=O) groups is 1. The van der Waals surface area contributed by atoms with Crippen LogP contribution >= 0.6 is 11.8 Å². The summed E-state index contributed by atoms with van der Waals surface area (Å²) in [6.07, 6.45) is 3.28. The predicted molar refractivity (Wildman–Crippen MR) is 99.9 cm³/mol. The number of nitrogens with one attached hydrogen (secondary N) is 1. The first-order valence-corrected chi connectivity index (χ1v) is 9.07. The second kappa shape index (κ2) is 8.05. The fraction of sp³-hybridized carbons (Fsp3) is 0.294. The third-order valence-corrected chi connectivity index (χ3v) is 4.55. The second-order valence-electron chi connectivity index (χ2n) is 5.78. The zero-order valence-electron chi connectivity index (χ0n) is 14.8. The van der Waals surface area contributed by atoms with Gasteiger partial charge in [0.2, 0.25) is 5.91 Å². The highest BCUT2D eigenvalue weighted by molar-refractivity contribution is 7.99. The highest BCUT2D eigenvalue weighted by atomic mass is 32.2. The Hall–Kier alpha value is -2.81. The molecule has 3 aromatic rings. The van der Waals surface area contributed by atoms with Crippen LogP contribution in [0.5, 0.6) is 5.75 Å². The van der Waals surface area contributed by atoms with Gasteiger partial charge >= 0.3 is 0 Å². The monoisotopic (exact) mass is 372 g/mol. The number of thioether (sulfide) groups is 1. The number of hydrogen-bond donors (Lipinski definition) is 1. The minimum absolute atomic E-state index is 0.127. The molecule has 0 aliphatic heterocycles. The van der Waals surface area contributed by atoms with Gasteiger partial charge in [-0.1, -0.05) is 17.8 Å². The van der Waals surface area contributed by atoms with Crippen LogP contribution in [0.1, 0.15) is 19.9 Å². The lowest BCUT2D eigenvalue weighted by atomic mass is 10.3. The van der Waals surface area contributed by atoms with E-state index < -0.39 is 0 Å². The van der Waals surface area contributed by atoms with Crippen LogP contribution in [0.4, 0.5) is 5.82 Å². The molecule has 26 heavy (non-hydrogen) atoms. The Bertz CT molecular complexity index is 889. The Labute approximate surface area is 155 Å². The molecule has 0 unspecified atom stereocenters. The van der Waals surface area contributed by atoms with E-state index in [1.807, 2.05) is 42.7 Å². The Morgan fingerprint density at radius 3 is 2.96 bits per heavy atom. The van der Waals surface area contributed by atoms with Crippen molar-refractivity contribution in [3.8, 4) is 11.4 Å². The number of amides is 1. The standard InChI is InChI=1S/C17H20N6O2S/c1-12(2)23-15(7-8-19-23)20-16(24)10-26-17-21-18-11-22(17)13-5-4-6-14(9-13)25-3/h4-9,11-12H,10H2,1-3H3,(H,20,24). The minimum Gasteiger partial charge on any atom is -0.497 e. The quantitative estimate of drug-likeness (QED) is 0.642. The molecule has 0 aliphatic carbocycles. The van der Waals surface area contributed by atoms with Gasteiger partial charge in [0.1, 0.15) is 17.9 Å². The van der Waals surface area contributed by atoms with E-state index in [-0.39, 0.29) is 17.7 Å². The van der Waals surface area contributed by atoms with Gasteiger partial charge in [0.25, 0.3) is 0 Å². The van der Waals surface area contributed by atoms with Crippen molar-refractivity contribution in [2.45, 2.75) is 25.0 Å². The Morgan fingerprint density at radius 2 is 2.19 bits per heavy atom. The normalized spacial score (nSPS) is 10.9. The van der Waals surface area contributed by atoms with Crippen molar-refractivity contribution in [3.05, 3.63) is 42.9 Å². The van der Waals surface area contributed by atoms with Crippen LogP contribution < -0.4 is 10.1 Å². The van der Waals surface area contributed by atoms with Gasteiger partial charge in [-0.2, -0.15) is 5.10 Å². The largest absolute Gasteiger partial charge is 0.497 e. The molecule has 1 amide bonds. The van der Waals surface area contributed by atoms with Crippen LogP contribution in [-0.2, 0) is 4.79 Å². The number of methoxy groups -OCH3 is 1. The van der Waals surface area contributed by atoms with E-state index in [0.29, 0.717) is 11.0 Å². The van der Waals surface area contributed by atoms with Crippen LogP contribution in [0.2, 0.25) is 0 Å². The lowest BCUT2D eigenvalue weighted by molar-refractivity contribution is -0.113. The van der Waals surface area contributed by atoms with Gasteiger partial charge in [-0.05, 0) is 26.0 Å². The molecule has 8 nitrogen and oxygen atoms in total. The van der Waals surface area contributed by atoms with Gasteiger partial charge in [-0.3, -0.25) is 9.36 Å². The summed E-state index contributed by atoms with van der Waals surface area (Å²) < 4.78 is 8.83. The van der Waals surface area contributed by atoms with Crippen LogP contribution in [0, 0.1) is 0 Å². The van der Waals surface area contributed by atoms with Gasteiger partial charge in [0, 0.05) is 18.2 Å². The van der Waals surface area contributed by atoms with Crippen molar-refractivity contribution in [3.63, 3.8) is 0 Å². The van der Waals surface area contributed by atoms with Crippen LogP contribution in [0.25, 0.3) is 5.69 Å². The molecular weight excluding hydrogens is 352 g/mol. The van der Waals surface area contributed by atoms with E-state index in [1.165, 1.54) is 11.8 Å². The fourth-order valence-corrected chi connectivity index (χ4v) is 3.12. The number of aromatic nitrogens is 5. The number of ether oxygens (including phenoxy) is 1. The zero-order chi connectivity index (χ0) is 18.5. The van der Waals surface area contributed by atoms with Crippen LogP contribution in [-0.4, -0.2) is 43.3 Å². The van der Waals surface area contributed by atoms with Gasteiger partial charge < -0.3 is 10.1 Å². The van der Waals surface area contributed by atoms with Gasteiger partial charge in [-0.15, -0.1) is 10.2 Å². The number of benzene rings is 1. The van der Waals surface area contributed by atoms with Gasteiger partial charge in [-0.25, -0.2) is 4.68 Å². The lowest BCUT2D eigenvalue weighted by Gasteiger charge is -2.11. The molecule has 9 heteroatoms. The molecule has 0 saturated heterocycles. The molecule has 1 N–H and O–H groups in total. The molecule has 0 bridgehead atoms. The molecule has 2 aromatic heterocycles. The van der Waals surface area contributed by atoms with Crippen molar-refractivity contribution < 1.29 is 9.53 Å². The summed E-state index contributed by atoms with van der Waals surface area (Å²) in [6, 6.07) is 9.52. The topological polar surface area (TPSA) is 86.9 Å². The first kappa shape index (κ1) is 18.0. The molecule has 0 atom stereocenters. The average Bonchev–Trinajstić information content (AvgIpc) is 3.29. The van der Waals surface area contributed by atoms with Crippen LogP contribution in [0.3, 0.4) is 0 Å². The number of hydrogen-bond acceptors (Lipinski definition) is 6. The summed E-state index contributed by atoms with van der Waals surface area (Å²) in [4.78, 5) is 12.3. The van der Waals surface area contributed by atoms with E-state index in [4.69, 9.17) is 4.74 Å². The van der Waals surface area contributed by atoms with E-state index in [2.05, 4.69) is 20.6 Å². The maximum absolute atomic E-state index is 12.3. The van der Waals surface area contributed by atoms with E-state index in [0.717, 1.165) is 11.4 Å². The number of anilines is 1. The molecule has 0 aliphatic rings. The molecule has 0 radical (unpaired) electrons. The minimum atomic E-state index is -0.127. The van der Waals surface area contributed by atoms with E-state index in [9.17, 15) is 4.79 Å². The summed E-state index contributed by atoms with van der Waals surface area (Å²) in [6.45, 7) is 4.02. The van der Waals surface area contributed by atoms with Crippen molar-refractivity contribution in [2.75, 3.05) is 18.2 Å². The predicted octanol–water partition coefficient (Wildman–Crippen LogP) is 2.78. The Kier molecular flexibility index (Phi) is 5.57. The highest BCUT2D eigenvalue weighted by Crippen LogP contribution is 2.22. The maximum atomic E-state index is 12.3. The maximum Gasteiger partial charge on any atom is 0.235 e. The average molecular weight is 372 g/mol. The van der Waals surface area contributed by atoms with Crippen molar-refractivity contribution in [1.29, 1.82) is 0 Å². The Morgan fingerprint density at radius 1 is 1.35 bits per heavy atom. The molecule has 136 valence electrons. The first-order chi connectivity index (χ1) is 12.6. The second-order valence-corrected chi connectivity index (χ2v) is 6.72. The smallest absolute Gasteiger partial charge is 0.235 e. The first-order valence-electron chi connectivity index (χ1n) is 8.09. The molecule has 3 rings (SSSR count). The molecule has 1 aromatic carbocycles. The molecular formula is C17H20N6O2S. The molecule has 0 spiro atoms. The number of carbonyl (C=O) groups excluding carboxylic acids is 1. The Balaban J connectivity index is 1.66. The van der Waals surface area contributed by atoms with Gasteiger partial charge in [0.15, 0.2) is 5.16 Å². The lowest BCUT2D eigenvalue weighted by Crippen LogP contribution is -2.18. The van der Waals surface area contributed by atoms with Crippen LogP contribution in [0.15, 0.2) is 48.0 Å². The SMILES string of the molecule is COc1cccc(-n2cnnc2SCC(=O)Nc2ccnn2C(C)C)c1. The summed E-state index contributed by atoms with van der Waals surface area (Å²) in [7, 11) is 1.62. The summed E-state index contributed by atoms with van der Waals surface area (Å²) >= 11 is 1.31.